The van der Waals surface area contributed by atoms with E-state index in [2.05, 4.69) is 20.8 Å². The Hall–Kier alpha value is -3.15. The van der Waals surface area contributed by atoms with Gasteiger partial charge in [-0.25, -0.2) is 4.39 Å². The van der Waals surface area contributed by atoms with Crippen molar-refractivity contribution in [1.29, 1.82) is 0 Å². The van der Waals surface area contributed by atoms with E-state index in [0.717, 1.165) is 22.6 Å². The molecule has 0 fully saturated rings. The van der Waals surface area contributed by atoms with Gasteiger partial charge < -0.3 is 15.2 Å². The molecule has 0 atom stereocenters. The van der Waals surface area contributed by atoms with Crippen molar-refractivity contribution in [2.75, 3.05) is 7.05 Å². The van der Waals surface area contributed by atoms with E-state index in [1.54, 1.807) is 19.2 Å². The average molecular weight is 338 g/mol. The van der Waals surface area contributed by atoms with Gasteiger partial charge in [-0.3, -0.25) is 4.99 Å². The first kappa shape index (κ1) is 16.7. The highest BCUT2D eigenvalue weighted by Crippen LogP contribution is 2.19. The Morgan fingerprint density at radius 1 is 1.04 bits per heavy atom. The average Bonchev–Trinajstić information content (AvgIpc) is 3.13. The van der Waals surface area contributed by atoms with Crippen LogP contribution in [-0.4, -0.2) is 18.2 Å². The zero-order valence-electron chi connectivity index (χ0n) is 13.9. The molecule has 0 aliphatic heterocycles. The minimum Gasteiger partial charge on any atom is -0.356 e. The Balaban J connectivity index is 1.53. The fourth-order valence-electron chi connectivity index (χ4n) is 2.32. The van der Waals surface area contributed by atoms with Crippen LogP contribution in [0.15, 0.2) is 70.2 Å². The van der Waals surface area contributed by atoms with Crippen LogP contribution >= 0.6 is 0 Å². The summed E-state index contributed by atoms with van der Waals surface area (Å²) in [6.45, 7) is 1.04. The molecule has 1 aromatic heterocycles. The van der Waals surface area contributed by atoms with Gasteiger partial charge >= 0.3 is 0 Å². The van der Waals surface area contributed by atoms with Gasteiger partial charge in [-0.1, -0.05) is 47.6 Å². The molecular weight excluding hydrogens is 319 g/mol. The van der Waals surface area contributed by atoms with Crippen molar-refractivity contribution in [3.05, 3.63) is 77.7 Å². The Morgan fingerprint density at radius 3 is 2.48 bits per heavy atom. The van der Waals surface area contributed by atoms with E-state index in [9.17, 15) is 4.39 Å². The minimum atomic E-state index is -0.244. The summed E-state index contributed by atoms with van der Waals surface area (Å²) in [6, 6.07) is 18.1. The summed E-state index contributed by atoms with van der Waals surface area (Å²) in [5, 5.41) is 10.4. The minimum absolute atomic E-state index is 0.244. The lowest BCUT2D eigenvalue weighted by Crippen LogP contribution is -2.36. The second-order valence-electron chi connectivity index (χ2n) is 5.45. The predicted molar refractivity (Wildman–Crippen MR) is 95.4 cm³/mol. The molecule has 5 nitrogen and oxygen atoms in total. The topological polar surface area (TPSA) is 62.5 Å². The molecule has 3 rings (SSSR count). The van der Waals surface area contributed by atoms with Crippen LogP contribution in [-0.2, 0) is 13.1 Å². The van der Waals surface area contributed by atoms with Gasteiger partial charge in [0.15, 0.2) is 11.7 Å². The summed E-state index contributed by atoms with van der Waals surface area (Å²) in [6.07, 6.45) is 0. The molecule has 0 amide bonds. The van der Waals surface area contributed by atoms with Gasteiger partial charge in [-0.15, -0.1) is 0 Å². The maximum Gasteiger partial charge on any atom is 0.191 e. The molecule has 2 aromatic carbocycles. The van der Waals surface area contributed by atoms with E-state index in [1.807, 2.05) is 36.4 Å². The molecule has 0 aliphatic carbocycles. The van der Waals surface area contributed by atoms with Crippen LogP contribution in [0.1, 0.15) is 11.3 Å². The molecule has 0 spiro atoms. The van der Waals surface area contributed by atoms with Crippen molar-refractivity contribution in [1.82, 2.24) is 15.8 Å². The monoisotopic (exact) mass is 338 g/mol. The number of nitrogens with one attached hydrogen (secondary N) is 2. The number of hydrogen-bond acceptors (Lipinski definition) is 3. The maximum atomic E-state index is 12.9. The number of benzene rings is 2. The number of halogens is 1. The van der Waals surface area contributed by atoms with Crippen molar-refractivity contribution in [3.63, 3.8) is 0 Å². The van der Waals surface area contributed by atoms with E-state index >= 15 is 0 Å². The van der Waals surface area contributed by atoms with Gasteiger partial charge in [0.2, 0.25) is 0 Å². The Bertz CT molecular complexity index is 828. The number of aliphatic imine (C=N–C) groups is 1. The predicted octanol–water partition coefficient (Wildman–Crippen LogP) is 3.35. The number of guanidine groups is 1. The van der Waals surface area contributed by atoms with Gasteiger partial charge in [0.05, 0.1) is 6.54 Å². The lowest BCUT2D eigenvalue weighted by atomic mass is 10.2. The van der Waals surface area contributed by atoms with E-state index in [1.165, 1.54) is 12.1 Å². The lowest BCUT2D eigenvalue weighted by Gasteiger charge is -2.10. The van der Waals surface area contributed by atoms with E-state index in [0.29, 0.717) is 19.0 Å². The highest BCUT2D eigenvalue weighted by atomic mass is 19.1. The molecule has 6 heteroatoms. The first-order chi connectivity index (χ1) is 12.2. The third-order valence-electron chi connectivity index (χ3n) is 3.65. The van der Waals surface area contributed by atoms with E-state index in [4.69, 9.17) is 4.52 Å². The highest BCUT2D eigenvalue weighted by molar-refractivity contribution is 5.79. The van der Waals surface area contributed by atoms with Crippen molar-refractivity contribution >= 4 is 5.96 Å². The Kier molecular flexibility index (Phi) is 5.41. The second-order valence-corrected chi connectivity index (χ2v) is 5.45. The summed E-state index contributed by atoms with van der Waals surface area (Å²) in [7, 11) is 1.69. The molecule has 3 aromatic rings. The number of nitrogens with zero attached hydrogens (tertiary/aromatic N) is 2. The van der Waals surface area contributed by atoms with Crippen molar-refractivity contribution in [2.45, 2.75) is 13.1 Å². The maximum absolute atomic E-state index is 12.9. The molecule has 0 bridgehead atoms. The molecule has 0 saturated carbocycles. The highest BCUT2D eigenvalue weighted by Gasteiger charge is 2.07. The van der Waals surface area contributed by atoms with Crippen LogP contribution in [0, 0.1) is 5.82 Å². The van der Waals surface area contributed by atoms with Crippen LogP contribution in [0.3, 0.4) is 0 Å². The summed E-state index contributed by atoms with van der Waals surface area (Å²) in [4.78, 5) is 4.16. The van der Waals surface area contributed by atoms with Crippen LogP contribution < -0.4 is 10.6 Å². The van der Waals surface area contributed by atoms with E-state index in [-0.39, 0.29) is 5.82 Å². The molecule has 0 radical (unpaired) electrons. The molecule has 128 valence electrons. The first-order valence-electron chi connectivity index (χ1n) is 7.94. The molecule has 0 saturated heterocycles. The van der Waals surface area contributed by atoms with Gasteiger partial charge in [0, 0.05) is 25.2 Å². The fourth-order valence-corrected chi connectivity index (χ4v) is 2.32. The van der Waals surface area contributed by atoms with Crippen molar-refractivity contribution in [3.8, 4) is 11.3 Å². The Morgan fingerprint density at radius 2 is 1.76 bits per heavy atom. The SMILES string of the molecule is CN=C(NCc1ccc(F)cc1)NCc1cc(-c2ccccc2)on1. The quantitative estimate of drug-likeness (QED) is 0.553. The van der Waals surface area contributed by atoms with Gasteiger partial charge in [0.1, 0.15) is 11.5 Å². The molecule has 2 N–H and O–H groups in total. The van der Waals surface area contributed by atoms with Crippen LogP contribution in [0.2, 0.25) is 0 Å². The summed E-state index contributed by atoms with van der Waals surface area (Å²) in [5.41, 5.74) is 2.74. The Labute approximate surface area is 145 Å². The summed E-state index contributed by atoms with van der Waals surface area (Å²) < 4.78 is 18.3. The smallest absolute Gasteiger partial charge is 0.191 e. The zero-order valence-corrected chi connectivity index (χ0v) is 13.9. The summed E-state index contributed by atoms with van der Waals surface area (Å²) in [5.74, 6) is 1.12. The number of rotatable bonds is 5. The zero-order chi connectivity index (χ0) is 17.5. The second kappa shape index (κ2) is 8.10. The third-order valence-corrected chi connectivity index (χ3v) is 3.65. The third kappa shape index (κ3) is 4.67. The lowest BCUT2D eigenvalue weighted by molar-refractivity contribution is 0.422. The largest absolute Gasteiger partial charge is 0.356 e. The molecule has 1 heterocycles. The van der Waals surface area contributed by atoms with E-state index < -0.39 is 0 Å². The standard InChI is InChI=1S/C19H19FN4O/c1-21-19(22-12-14-7-9-16(20)10-8-14)23-13-17-11-18(25-24-17)15-5-3-2-4-6-15/h2-11H,12-13H2,1H3,(H2,21,22,23). The van der Waals surface area contributed by atoms with Gasteiger partial charge in [-0.2, -0.15) is 0 Å². The summed E-state index contributed by atoms with van der Waals surface area (Å²) >= 11 is 0. The van der Waals surface area contributed by atoms with Crippen LogP contribution in [0.25, 0.3) is 11.3 Å². The molecule has 0 aliphatic rings. The van der Waals surface area contributed by atoms with Gasteiger partial charge in [-0.05, 0) is 17.7 Å². The van der Waals surface area contributed by atoms with Crippen molar-refractivity contribution in [2.24, 2.45) is 4.99 Å². The van der Waals surface area contributed by atoms with Crippen LogP contribution in [0.4, 0.5) is 4.39 Å². The normalized spacial score (nSPS) is 11.4. The van der Waals surface area contributed by atoms with Crippen molar-refractivity contribution < 1.29 is 8.91 Å². The first-order valence-corrected chi connectivity index (χ1v) is 7.94. The molecule has 25 heavy (non-hydrogen) atoms. The number of aromatic nitrogens is 1. The van der Waals surface area contributed by atoms with Gasteiger partial charge in [0.25, 0.3) is 0 Å². The molecular formula is C19H19FN4O. The number of hydrogen-bond donors (Lipinski definition) is 2. The fraction of sp³-hybridized carbons (Fsp3) is 0.158. The van der Waals surface area contributed by atoms with Crippen LogP contribution in [0.5, 0.6) is 0 Å². The molecule has 0 unspecified atom stereocenters.